The summed E-state index contributed by atoms with van der Waals surface area (Å²) in [6, 6.07) is 0.541. The highest BCUT2D eigenvalue weighted by Gasteiger charge is 2.20. The zero-order valence-electron chi connectivity index (χ0n) is 13.2. The number of carbonyl (C=O) groups is 1. The van der Waals surface area contributed by atoms with Gasteiger partial charge in [-0.2, -0.15) is 0 Å². The highest BCUT2D eigenvalue weighted by Crippen LogP contribution is 2.17. The van der Waals surface area contributed by atoms with E-state index in [0.29, 0.717) is 17.6 Å². The SMILES string of the molecule is CCN1CCCCC1CNc1cncc(C(=O)N(C)C)n1. The molecule has 0 saturated carbocycles. The van der Waals surface area contributed by atoms with Gasteiger partial charge in [0.15, 0.2) is 0 Å². The molecule has 1 saturated heterocycles. The summed E-state index contributed by atoms with van der Waals surface area (Å²) < 4.78 is 0. The summed E-state index contributed by atoms with van der Waals surface area (Å²) in [4.78, 5) is 24.3. The van der Waals surface area contributed by atoms with Crippen LogP contribution in [0.5, 0.6) is 0 Å². The number of hydrogen-bond donors (Lipinski definition) is 1. The van der Waals surface area contributed by atoms with Gasteiger partial charge in [-0.05, 0) is 25.9 Å². The Labute approximate surface area is 126 Å². The fraction of sp³-hybridized carbons (Fsp3) is 0.667. The van der Waals surface area contributed by atoms with E-state index in [1.807, 2.05) is 0 Å². The minimum absolute atomic E-state index is 0.126. The Bertz CT molecular complexity index is 477. The van der Waals surface area contributed by atoms with E-state index < -0.39 is 0 Å². The molecule has 1 aliphatic heterocycles. The normalized spacial score (nSPS) is 19.3. The van der Waals surface area contributed by atoms with Crippen LogP contribution in [0.2, 0.25) is 0 Å². The van der Waals surface area contributed by atoms with E-state index in [2.05, 4.69) is 27.1 Å². The average molecular weight is 291 g/mol. The monoisotopic (exact) mass is 291 g/mol. The molecular weight excluding hydrogens is 266 g/mol. The summed E-state index contributed by atoms with van der Waals surface area (Å²) in [6.07, 6.45) is 6.97. The maximum absolute atomic E-state index is 11.9. The fourth-order valence-corrected chi connectivity index (χ4v) is 2.71. The minimum atomic E-state index is -0.126. The second-order valence-electron chi connectivity index (χ2n) is 5.65. The third kappa shape index (κ3) is 4.14. The number of nitrogens with zero attached hydrogens (tertiary/aromatic N) is 4. The van der Waals surface area contributed by atoms with Crippen LogP contribution in [0.3, 0.4) is 0 Å². The van der Waals surface area contributed by atoms with Crippen LogP contribution in [0.1, 0.15) is 36.7 Å². The van der Waals surface area contributed by atoms with Crippen LogP contribution in [-0.2, 0) is 0 Å². The second kappa shape index (κ2) is 7.36. The van der Waals surface area contributed by atoms with Gasteiger partial charge in [0.05, 0.1) is 12.4 Å². The number of likely N-dealkylation sites (tertiary alicyclic amines) is 1. The Kier molecular flexibility index (Phi) is 5.50. The van der Waals surface area contributed by atoms with E-state index in [9.17, 15) is 4.79 Å². The van der Waals surface area contributed by atoms with Gasteiger partial charge in [0.1, 0.15) is 11.5 Å². The van der Waals surface area contributed by atoms with Gasteiger partial charge in [-0.15, -0.1) is 0 Å². The second-order valence-corrected chi connectivity index (χ2v) is 5.65. The number of carbonyl (C=O) groups excluding carboxylic acids is 1. The summed E-state index contributed by atoms with van der Waals surface area (Å²) in [6.45, 7) is 5.31. The Hall–Kier alpha value is -1.69. The molecule has 1 unspecified atom stereocenters. The van der Waals surface area contributed by atoms with E-state index >= 15 is 0 Å². The topological polar surface area (TPSA) is 61.4 Å². The highest BCUT2D eigenvalue weighted by atomic mass is 16.2. The van der Waals surface area contributed by atoms with Gasteiger partial charge in [0.2, 0.25) is 0 Å². The standard InChI is InChI=1S/C15H25N5O/c1-4-20-8-6-5-7-12(20)9-17-14-11-16-10-13(18-14)15(21)19(2)3/h10-12H,4-9H2,1-3H3,(H,17,18). The molecule has 6 nitrogen and oxygen atoms in total. The Morgan fingerprint density at radius 1 is 1.43 bits per heavy atom. The number of hydrogen-bond acceptors (Lipinski definition) is 5. The van der Waals surface area contributed by atoms with Crippen molar-refractivity contribution in [3.8, 4) is 0 Å². The molecule has 1 aromatic heterocycles. The molecule has 2 heterocycles. The van der Waals surface area contributed by atoms with Crippen molar-refractivity contribution in [2.24, 2.45) is 0 Å². The summed E-state index contributed by atoms with van der Waals surface area (Å²) in [5.41, 5.74) is 0.376. The average Bonchev–Trinajstić information content (AvgIpc) is 2.52. The first-order valence-corrected chi connectivity index (χ1v) is 7.63. The molecule has 2 rings (SSSR count). The van der Waals surface area contributed by atoms with Crippen LogP contribution in [0.15, 0.2) is 12.4 Å². The number of aromatic nitrogens is 2. The third-order valence-corrected chi connectivity index (χ3v) is 3.93. The predicted octanol–water partition coefficient (Wildman–Crippen LogP) is 1.46. The van der Waals surface area contributed by atoms with E-state index in [-0.39, 0.29) is 5.91 Å². The van der Waals surface area contributed by atoms with Gasteiger partial charge in [0, 0.05) is 26.7 Å². The number of nitrogens with one attached hydrogen (secondary N) is 1. The molecule has 1 atom stereocenters. The van der Waals surface area contributed by atoms with Gasteiger partial charge in [-0.1, -0.05) is 13.3 Å². The number of piperidine rings is 1. The van der Waals surface area contributed by atoms with Gasteiger partial charge in [0.25, 0.3) is 5.91 Å². The zero-order chi connectivity index (χ0) is 15.2. The van der Waals surface area contributed by atoms with E-state index in [4.69, 9.17) is 0 Å². The van der Waals surface area contributed by atoms with Crippen LogP contribution < -0.4 is 5.32 Å². The first kappa shape index (κ1) is 15.7. The molecule has 0 bridgehead atoms. The van der Waals surface area contributed by atoms with E-state index in [0.717, 1.165) is 13.1 Å². The van der Waals surface area contributed by atoms with Crippen molar-refractivity contribution in [2.75, 3.05) is 39.0 Å². The lowest BCUT2D eigenvalue weighted by atomic mass is 10.0. The zero-order valence-corrected chi connectivity index (χ0v) is 13.2. The largest absolute Gasteiger partial charge is 0.367 e. The summed E-state index contributed by atoms with van der Waals surface area (Å²) in [7, 11) is 3.43. The molecule has 21 heavy (non-hydrogen) atoms. The number of anilines is 1. The van der Waals surface area contributed by atoms with Crippen molar-refractivity contribution < 1.29 is 4.79 Å². The van der Waals surface area contributed by atoms with Crippen LogP contribution in [-0.4, -0.2) is 65.4 Å². The van der Waals surface area contributed by atoms with Crippen molar-refractivity contribution in [2.45, 2.75) is 32.2 Å². The van der Waals surface area contributed by atoms with E-state index in [1.165, 1.54) is 36.9 Å². The number of likely N-dealkylation sites (N-methyl/N-ethyl adjacent to an activating group) is 1. The van der Waals surface area contributed by atoms with Crippen molar-refractivity contribution in [3.63, 3.8) is 0 Å². The van der Waals surface area contributed by atoms with Crippen molar-refractivity contribution in [1.29, 1.82) is 0 Å². The summed E-state index contributed by atoms with van der Waals surface area (Å²) in [5, 5.41) is 3.33. The molecule has 1 amide bonds. The Balaban J connectivity index is 1.96. The Morgan fingerprint density at radius 2 is 2.24 bits per heavy atom. The molecule has 0 radical (unpaired) electrons. The maximum atomic E-state index is 11.9. The van der Waals surface area contributed by atoms with Crippen LogP contribution in [0.25, 0.3) is 0 Å². The first-order chi connectivity index (χ1) is 10.1. The minimum Gasteiger partial charge on any atom is -0.367 e. The summed E-state index contributed by atoms with van der Waals surface area (Å²) >= 11 is 0. The fourth-order valence-electron chi connectivity index (χ4n) is 2.71. The molecule has 6 heteroatoms. The molecule has 1 aliphatic rings. The van der Waals surface area contributed by atoms with Crippen molar-refractivity contribution in [1.82, 2.24) is 19.8 Å². The van der Waals surface area contributed by atoms with Crippen molar-refractivity contribution >= 4 is 11.7 Å². The van der Waals surface area contributed by atoms with Crippen LogP contribution >= 0.6 is 0 Å². The molecule has 0 aromatic carbocycles. The maximum Gasteiger partial charge on any atom is 0.273 e. The molecule has 1 fully saturated rings. The number of amides is 1. The van der Waals surface area contributed by atoms with Gasteiger partial charge in [-0.25, -0.2) is 4.98 Å². The molecule has 116 valence electrons. The van der Waals surface area contributed by atoms with Crippen LogP contribution in [0, 0.1) is 0 Å². The van der Waals surface area contributed by atoms with Crippen LogP contribution in [0.4, 0.5) is 5.82 Å². The lowest BCUT2D eigenvalue weighted by molar-refractivity contribution is 0.0821. The van der Waals surface area contributed by atoms with E-state index in [1.54, 1.807) is 20.3 Å². The molecule has 1 aromatic rings. The lowest BCUT2D eigenvalue weighted by Crippen LogP contribution is -2.43. The van der Waals surface area contributed by atoms with Gasteiger partial charge >= 0.3 is 0 Å². The quantitative estimate of drug-likeness (QED) is 0.890. The summed E-state index contributed by atoms with van der Waals surface area (Å²) in [5.74, 6) is 0.545. The number of rotatable bonds is 5. The first-order valence-electron chi connectivity index (χ1n) is 7.63. The highest BCUT2D eigenvalue weighted by molar-refractivity contribution is 5.91. The van der Waals surface area contributed by atoms with Crippen molar-refractivity contribution in [3.05, 3.63) is 18.1 Å². The third-order valence-electron chi connectivity index (χ3n) is 3.93. The predicted molar refractivity (Wildman–Crippen MR) is 83.4 cm³/mol. The lowest BCUT2D eigenvalue weighted by Gasteiger charge is -2.35. The molecule has 0 spiro atoms. The van der Waals surface area contributed by atoms with Gasteiger partial charge < -0.3 is 10.2 Å². The smallest absolute Gasteiger partial charge is 0.273 e. The Morgan fingerprint density at radius 3 is 2.95 bits per heavy atom. The molecular formula is C15H25N5O. The molecule has 1 N–H and O–H groups in total. The van der Waals surface area contributed by atoms with Gasteiger partial charge in [-0.3, -0.25) is 14.7 Å². The molecule has 0 aliphatic carbocycles.